The molecule has 7 heteroatoms. The molecule has 1 aliphatic heterocycles. The lowest BCUT2D eigenvalue weighted by molar-refractivity contribution is -0.141. The van der Waals surface area contributed by atoms with Gasteiger partial charge in [0.1, 0.15) is 5.75 Å². The Morgan fingerprint density at radius 3 is 2.73 bits per heavy atom. The first-order chi connectivity index (χ1) is 14.4. The maximum Gasteiger partial charge on any atom is 0.329 e. The number of hydrogen-bond donors (Lipinski definition) is 3. The van der Waals surface area contributed by atoms with Crippen LogP contribution in [-0.4, -0.2) is 30.2 Å². The predicted octanol–water partition coefficient (Wildman–Crippen LogP) is 3.59. The maximum atomic E-state index is 13.6. The van der Waals surface area contributed by atoms with Crippen molar-refractivity contribution in [2.45, 2.75) is 44.4 Å². The lowest BCUT2D eigenvalue weighted by atomic mass is 9.85. The van der Waals surface area contributed by atoms with Crippen LogP contribution in [0.2, 0.25) is 0 Å². The number of fused-ring (bicyclic) bond motifs is 1. The molecule has 2 aromatic carbocycles. The average Bonchev–Trinajstić information content (AvgIpc) is 2.75. The first kappa shape index (κ1) is 20.2. The third-order valence-corrected chi connectivity index (χ3v) is 6.13. The van der Waals surface area contributed by atoms with Gasteiger partial charge in [-0.1, -0.05) is 44.0 Å². The monoisotopic (exact) mass is 409 g/mol. The van der Waals surface area contributed by atoms with Crippen LogP contribution in [0.15, 0.2) is 48.5 Å². The fraction of sp³-hybridized carbons (Fsp3) is 0.391. The Morgan fingerprint density at radius 1 is 1.20 bits per heavy atom. The number of nitrogens with zero attached hydrogens (tertiary/aromatic N) is 1. The van der Waals surface area contributed by atoms with E-state index in [-0.39, 0.29) is 6.04 Å². The fourth-order valence-electron chi connectivity index (χ4n) is 4.41. The molecule has 0 bridgehead atoms. The molecule has 1 fully saturated rings. The van der Waals surface area contributed by atoms with E-state index in [0.29, 0.717) is 28.6 Å². The number of carbonyl (C=O) groups is 2. The fourth-order valence-corrected chi connectivity index (χ4v) is 4.41. The van der Waals surface area contributed by atoms with Gasteiger partial charge in [0.05, 0.1) is 18.5 Å². The molecule has 1 heterocycles. The van der Waals surface area contributed by atoms with Crippen LogP contribution in [0.25, 0.3) is 0 Å². The summed E-state index contributed by atoms with van der Waals surface area (Å²) in [6.07, 6.45) is 4.05. The normalized spacial score (nSPS) is 25.8. The highest BCUT2D eigenvalue weighted by atomic mass is 16.5. The summed E-state index contributed by atoms with van der Waals surface area (Å²) in [4.78, 5) is 27.7. The molecule has 0 unspecified atom stereocenters. The second-order valence-corrected chi connectivity index (χ2v) is 8.03. The van der Waals surface area contributed by atoms with Crippen LogP contribution in [0.3, 0.4) is 0 Å². The van der Waals surface area contributed by atoms with E-state index in [1.165, 1.54) is 7.11 Å². The van der Waals surface area contributed by atoms with E-state index in [4.69, 9.17) is 4.74 Å². The van der Waals surface area contributed by atoms with Crippen LogP contribution in [0.4, 0.5) is 16.2 Å². The van der Waals surface area contributed by atoms with Gasteiger partial charge in [0.2, 0.25) is 0 Å². The van der Waals surface area contributed by atoms with E-state index in [1.807, 2.05) is 0 Å². The van der Waals surface area contributed by atoms with Gasteiger partial charge >= 0.3 is 6.03 Å². The van der Waals surface area contributed by atoms with Crippen LogP contribution < -0.4 is 20.3 Å². The van der Waals surface area contributed by atoms with E-state index in [9.17, 15) is 14.7 Å². The molecular formula is C23H27N3O4. The van der Waals surface area contributed by atoms with Gasteiger partial charge in [0.15, 0.2) is 0 Å². The van der Waals surface area contributed by atoms with Gasteiger partial charge in [-0.15, -0.1) is 0 Å². The van der Waals surface area contributed by atoms with Crippen LogP contribution in [0.1, 0.15) is 38.2 Å². The Kier molecular flexibility index (Phi) is 5.39. The molecule has 3 amide bonds. The van der Waals surface area contributed by atoms with Gasteiger partial charge < -0.3 is 20.5 Å². The number of amides is 3. The van der Waals surface area contributed by atoms with Gasteiger partial charge in [-0.2, -0.15) is 0 Å². The van der Waals surface area contributed by atoms with Gasteiger partial charge in [-0.25, -0.2) is 4.79 Å². The molecule has 7 nitrogen and oxygen atoms in total. The van der Waals surface area contributed by atoms with Crippen molar-refractivity contribution in [3.05, 3.63) is 54.1 Å². The summed E-state index contributed by atoms with van der Waals surface area (Å²) < 4.78 is 5.27. The molecule has 2 aromatic rings. The van der Waals surface area contributed by atoms with Crippen LogP contribution in [-0.2, 0) is 10.5 Å². The van der Waals surface area contributed by atoms with Crippen LogP contribution in [0, 0.1) is 5.92 Å². The van der Waals surface area contributed by atoms with Crippen molar-refractivity contribution in [1.29, 1.82) is 0 Å². The predicted molar refractivity (Wildman–Crippen MR) is 114 cm³/mol. The highest BCUT2D eigenvalue weighted by Gasteiger charge is 2.52. The molecule has 1 saturated carbocycles. The van der Waals surface area contributed by atoms with E-state index < -0.39 is 17.7 Å². The van der Waals surface area contributed by atoms with Gasteiger partial charge in [0.25, 0.3) is 11.6 Å². The van der Waals surface area contributed by atoms with Crippen molar-refractivity contribution >= 4 is 23.3 Å². The minimum Gasteiger partial charge on any atom is -0.497 e. The summed E-state index contributed by atoms with van der Waals surface area (Å²) >= 11 is 0. The molecule has 4 rings (SSSR count). The van der Waals surface area contributed by atoms with Crippen molar-refractivity contribution in [2.75, 3.05) is 17.3 Å². The van der Waals surface area contributed by atoms with Gasteiger partial charge in [0, 0.05) is 17.7 Å². The second-order valence-electron chi connectivity index (χ2n) is 8.03. The quantitative estimate of drug-likeness (QED) is 0.720. The molecule has 2 aliphatic rings. The number of urea groups is 1. The highest BCUT2D eigenvalue weighted by molar-refractivity contribution is 6.11. The number of aliphatic hydroxyl groups is 1. The molecule has 0 saturated heterocycles. The average molecular weight is 409 g/mol. The lowest BCUT2D eigenvalue weighted by Gasteiger charge is -2.44. The third-order valence-electron chi connectivity index (χ3n) is 6.13. The second kappa shape index (κ2) is 7.99. The summed E-state index contributed by atoms with van der Waals surface area (Å²) in [5.41, 5.74) is -1.09. The molecule has 158 valence electrons. The number of benzene rings is 2. The number of carbonyl (C=O) groups excluding carboxylic acids is 2. The number of anilines is 2. The number of methoxy groups -OCH3 is 1. The standard InChI is InChI=1S/C23H27N3O4/c1-15-8-3-5-12-19(15)24-21(27)23(29)18-11-4-6-13-20(18)25-22(28)26(23)16-9-7-10-17(14-16)30-2/h4,6-7,9-11,13-15,19,29H,3,5,8,12H2,1-2H3,(H,24,27)(H,25,28)/t15-,19+,23-/m0/s1. The minimum absolute atomic E-state index is 0.0421. The van der Waals surface area contributed by atoms with Crippen LogP contribution >= 0.6 is 0 Å². The Morgan fingerprint density at radius 2 is 1.97 bits per heavy atom. The SMILES string of the molecule is COc1cccc(N2C(=O)Nc3ccccc3[C@]2(O)C(=O)N[C@@H]2CCCC[C@@H]2C)c1. The number of hydrogen-bond acceptors (Lipinski definition) is 4. The van der Waals surface area contributed by atoms with E-state index >= 15 is 0 Å². The molecule has 30 heavy (non-hydrogen) atoms. The Labute approximate surface area is 176 Å². The largest absolute Gasteiger partial charge is 0.497 e. The minimum atomic E-state index is -2.19. The van der Waals surface area contributed by atoms with Gasteiger partial charge in [-0.05, 0) is 37.0 Å². The molecule has 0 radical (unpaired) electrons. The Bertz CT molecular complexity index is 963. The summed E-state index contributed by atoms with van der Waals surface area (Å²) in [5.74, 6) is 0.221. The molecule has 0 aromatic heterocycles. The zero-order valence-corrected chi connectivity index (χ0v) is 17.2. The molecule has 3 N–H and O–H groups in total. The number of rotatable bonds is 4. The smallest absolute Gasteiger partial charge is 0.329 e. The third kappa shape index (κ3) is 3.39. The van der Waals surface area contributed by atoms with Crippen LogP contribution in [0.5, 0.6) is 5.75 Å². The van der Waals surface area contributed by atoms with E-state index in [2.05, 4.69) is 17.6 Å². The Hall–Kier alpha value is -3.06. The molecule has 0 spiro atoms. The van der Waals surface area contributed by atoms with Crippen molar-refractivity contribution < 1.29 is 19.4 Å². The molecule has 1 aliphatic carbocycles. The van der Waals surface area contributed by atoms with E-state index in [0.717, 1.165) is 30.6 Å². The summed E-state index contributed by atoms with van der Waals surface area (Å²) in [7, 11) is 1.52. The van der Waals surface area contributed by atoms with Crippen molar-refractivity contribution in [1.82, 2.24) is 5.32 Å². The number of nitrogens with one attached hydrogen (secondary N) is 2. The van der Waals surface area contributed by atoms with E-state index in [1.54, 1.807) is 48.5 Å². The first-order valence-corrected chi connectivity index (χ1v) is 10.3. The summed E-state index contributed by atoms with van der Waals surface area (Å²) in [5, 5.41) is 17.7. The summed E-state index contributed by atoms with van der Waals surface area (Å²) in [6.45, 7) is 2.11. The topological polar surface area (TPSA) is 90.9 Å². The summed E-state index contributed by atoms with van der Waals surface area (Å²) in [6, 6.07) is 12.9. The lowest BCUT2D eigenvalue weighted by Crippen LogP contribution is -2.64. The first-order valence-electron chi connectivity index (χ1n) is 10.3. The zero-order valence-electron chi connectivity index (χ0n) is 17.2. The maximum absolute atomic E-state index is 13.6. The molecular weight excluding hydrogens is 382 g/mol. The highest BCUT2D eigenvalue weighted by Crippen LogP contribution is 2.41. The van der Waals surface area contributed by atoms with Crippen molar-refractivity contribution in [3.63, 3.8) is 0 Å². The zero-order chi connectivity index (χ0) is 21.3. The van der Waals surface area contributed by atoms with Crippen molar-refractivity contribution in [2.24, 2.45) is 5.92 Å². The number of para-hydroxylation sites is 1. The molecule has 3 atom stereocenters. The van der Waals surface area contributed by atoms with Crippen molar-refractivity contribution in [3.8, 4) is 5.75 Å². The Balaban J connectivity index is 1.79. The van der Waals surface area contributed by atoms with Gasteiger partial charge in [-0.3, -0.25) is 9.69 Å². The number of ether oxygens (including phenoxy) is 1.